The Morgan fingerprint density at radius 2 is 1.90 bits per heavy atom. The Labute approximate surface area is 90.4 Å². The summed E-state index contributed by atoms with van der Waals surface area (Å²) < 4.78 is 6.19. The van der Waals surface area contributed by atoms with E-state index in [1.165, 1.54) is 0 Å². The van der Waals surface area contributed by atoms with E-state index in [0.29, 0.717) is 0 Å². The van der Waals surface area contributed by atoms with E-state index in [4.69, 9.17) is 4.74 Å². The molecule has 0 aliphatic rings. The van der Waals surface area contributed by atoms with Crippen molar-refractivity contribution in [2.75, 3.05) is 7.11 Å². The second kappa shape index (κ2) is 5.20. The van der Waals surface area contributed by atoms with E-state index in [0.717, 1.165) is 9.32 Å². The van der Waals surface area contributed by atoms with Crippen molar-refractivity contribution in [2.45, 2.75) is 0 Å². The zero-order valence-electron chi connectivity index (χ0n) is 5.10. The Hall–Kier alpha value is 0.516. The molecule has 0 saturated carbocycles. The zero-order chi connectivity index (χ0) is 6.69. The van der Waals surface area contributed by atoms with Gasteiger partial charge in [0.1, 0.15) is 5.75 Å². The van der Waals surface area contributed by atoms with Gasteiger partial charge in [-0.2, -0.15) is 0 Å². The van der Waals surface area contributed by atoms with Crippen LogP contribution >= 0.6 is 22.6 Å². The normalized spacial score (nSPS) is 8.20. The van der Waals surface area contributed by atoms with E-state index in [2.05, 4.69) is 22.6 Å². The molecule has 0 unspecified atom stereocenters. The number of benzene rings is 1. The molecule has 1 rings (SSSR count). The lowest BCUT2D eigenvalue weighted by Crippen LogP contribution is -1.83. The standard InChI is InChI=1S/C7H7IO.Mg.2H/c1-9-7-5-3-2-4-6(7)8;;;/h2-5H,1H3;;;. The fourth-order valence-electron chi connectivity index (χ4n) is 0.610. The van der Waals surface area contributed by atoms with Crippen molar-refractivity contribution in [3.05, 3.63) is 27.8 Å². The van der Waals surface area contributed by atoms with Crippen molar-refractivity contribution >= 4 is 45.6 Å². The molecule has 52 valence electrons. The maximum atomic E-state index is 5.04. The summed E-state index contributed by atoms with van der Waals surface area (Å²) in [4.78, 5) is 0. The Morgan fingerprint density at radius 3 is 2.30 bits per heavy atom. The molecule has 1 aromatic carbocycles. The highest BCUT2D eigenvalue weighted by Crippen LogP contribution is 2.18. The maximum Gasteiger partial charge on any atom is 0.316 e. The first-order valence-electron chi connectivity index (χ1n) is 2.63. The summed E-state index contributed by atoms with van der Waals surface area (Å²) in [6.45, 7) is 0. The van der Waals surface area contributed by atoms with Crippen LogP contribution in [0, 0.1) is 3.57 Å². The number of halogens is 1. The van der Waals surface area contributed by atoms with E-state index in [-0.39, 0.29) is 23.1 Å². The van der Waals surface area contributed by atoms with Crippen LogP contribution in [0.1, 0.15) is 0 Å². The van der Waals surface area contributed by atoms with E-state index in [9.17, 15) is 0 Å². The van der Waals surface area contributed by atoms with Crippen LogP contribution in [-0.2, 0) is 0 Å². The monoisotopic (exact) mass is 260 g/mol. The van der Waals surface area contributed by atoms with Gasteiger partial charge in [-0.1, -0.05) is 12.1 Å². The average Bonchev–Trinajstić information content (AvgIpc) is 1.89. The fourth-order valence-corrected chi connectivity index (χ4v) is 1.22. The van der Waals surface area contributed by atoms with Gasteiger partial charge in [-0.3, -0.25) is 0 Å². The van der Waals surface area contributed by atoms with Crippen LogP contribution in [0.3, 0.4) is 0 Å². The molecule has 3 heteroatoms. The SMILES string of the molecule is COc1ccccc1I.[MgH2]. The lowest BCUT2D eigenvalue weighted by Gasteiger charge is -1.99. The van der Waals surface area contributed by atoms with Crippen molar-refractivity contribution in [3.63, 3.8) is 0 Å². The molecule has 0 heterocycles. The van der Waals surface area contributed by atoms with E-state index in [1.807, 2.05) is 24.3 Å². The van der Waals surface area contributed by atoms with Gasteiger partial charge in [0.15, 0.2) is 0 Å². The zero-order valence-corrected chi connectivity index (χ0v) is 7.25. The van der Waals surface area contributed by atoms with Crippen molar-refractivity contribution in [3.8, 4) is 5.75 Å². The average molecular weight is 260 g/mol. The Balaban J connectivity index is 0.000000810. The van der Waals surface area contributed by atoms with Gasteiger partial charge < -0.3 is 4.74 Å². The lowest BCUT2D eigenvalue weighted by molar-refractivity contribution is 0.412. The number of rotatable bonds is 1. The van der Waals surface area contributed by atoms with E-state index >= 15 is 0 Å². The van der Waals surface area contributed by atoms with Crippen molar-refractivity contribution in [1.82, 2.24) is 0 Å². The van der Waals surface area contributed by atoms with Gasteiger partial charge in [0, 0.05) is 0 Å². The van der Waals surface area contributed by atoms with Gasteiger partial charge in [0.2, 0.25) is 0 Å². The van der Waals surface area contributed by atoms with Crippen LogP contribution in [0.15, 0.2) is 24.3 Å². The number of ether oxygens (including phenoxy) is 1. The highest BCUT2D eigenvalue weighted by Gasteiger charge is 1.92. The van der Waals surface area contributed by atoms with Crippen LogP contribution in [0.5, 0.6) is 5.75 Å². The summed E-state index contributed by atoms with van der Waals surface area (Å²) in [5, 5.41) is 0. The highest BCUT2D eigenvalue weighted by molar-refractivity contribution is 14.1. The number of para-hydroxylation sites is 1. The topological polar surface area (TPSA) is 9.23 Å². The molecule has 0 aliphatic heterocycles. The van der Waals surface area contributed by atoms with Crippen LogP contribution < -0.4 is 4.74 Å². The maximum absolute atomic E-state index is 5.04. The van der Waals surface area contributed by atoms with Crippen LogP contribution in [0.4, 0.5) is 0 Å². The Kier molecular flexibility index (Phi) is 5.47. The van der Waals surface area contributed by atoms with Gasteiger partial charge in [-0.25, -0.2) is 0 Å². The van der Waals surface area contributed by atoms with Crippen LogP contribution in [-0.4, -0.2) is 30.2 Å². The molecule has 0 radical (unpaired) electrons. The first-order chi connectivity index (χ1) is 4.34. The van der Waals surface area contributed by atoms with Crippen LogP contribution in [0.25, 0.3) is 0 Å². The molecule has 1 aromatic rings. The van der Waals surface area contributed by atoms with E-state index in [1.54, 1.807) is 7.11 Å². The smallest absolute Gasteiger partial charge is 0.316 e. The molecule has 0 aromatic heterocycles. The van der Waals surface area contributed by atoms with Crippen molar-refractivity contribution in [2.24, 2.45) is 0 Å². The summed E-state index contributed by atoms with van der Waals surface area (Å²) in [7, 11) is 1.68. The molecule has 1 nitrogen and oxygen atoms in total. The predicted octanol–water partition coefficient (Wildman–Crippen LogP) is 1.38. The number of hydrogen-bond donors (Lipinski definition) is 0. The predicted molar refractivity (Wildman–Crippen MR) is 54.3 cm³/mol. The molecule has 0 atom stereocenters. The van der Waals surface area contributed by atoms with Gasteiger partial charge >= 0.3 is 23.1 Å². The molecular formula is C7H9IMgO. The number of methoxy groups -OCH3 is 1. The third-order valence-electron chi connectivity index (χ3n) is 1.06. The summed E-state index contributed by atoms with van der Waals surface area (Å²) in [5.41, 5.74) is 0. The van der Waals surface area contributed by atoms with Gasteiger partial charge in [0.25, 0.3) is 0 Å². The second-order valence-corrected chi connectivity index (χ2v) is 2.80. The minimum Gasteiger partial charge on any atom is -0.496 e. The van der Waals surface area contributed by atoms with Gasteiger partial charge in [-0.15, -0.1) is 0 Å². The molecule has 0 spiro atoms. The third kappa shape index (κ3) is 2.63. The minimum absolute atomic E-state index is 0. The Morgan fingerprint density at radius 1 is 1.30 bits per heavy atom. The summed E-state index contributed by atoms with van der Waals surface area (Å²) in [5.74, 6) is 0.943. The highest BCUT2D eigenvalue weighted by atomic mass is 127. The first-order valence-corrected chi connectivity index (χ1v) is 3.71. The van der Waals surface area contributed by atoms with Crippen LogP contribution in [0.2, 0.25) is 0 Å². The molecule has 0 saturated heterocycles. The summed E-state index contributed by atoms with van der Waals surface area (Å²) in [6.07, 6.45) is 0. The second-order valence-electron chi connectivity index (χ2n) is 1.63. The van der Waals surface area contributed by atoms with Gasteiger partial charge in [-0.05, 0) is 34.7 Å². The fraction of sp³-hybridized carbons (Fsp3) is 0.143. The van der Waals surface area contributed by atoms with E-state index < -0.39 is 0 Å². The molecule has 0 aliphatic carbocycles. The molecule has 0 fully saturated rings. The Bertz CT molecular complexity index is 203. The summed E-state index contributed by atoms with van der Waals surface area (Å²) >= 11 is 2.24. The van der Waals surface area contributed by atoms with Gasteiger partial charge in [0.05, 0.1) is 10.7 Å². The molecule has 0 bridgehead atoms. The quantitative estimate of drug-likeness (QED) is 0.547. The van der Waals surface area contributed by atoms with Crippen molar-refractivity contribution in [1.29, 1.82) is 0 Å². The minimum atomic E-state index is 0. The third-order valence-corrected chi connectivity index (χ3v) is 1.95. The molecule has 0 N–H and O–H groups in total. The lowest BCUT2D eigenvalue weighted by atomic mass is 10.3. The number of hydrogen-bond acceptors (Lipinski definition) is 1. The molecule has 10 heavy (non-hydrogen) atoms. The first kappa shape index (κ1) is 10.5. The largest absolute Gasteiger partial charge is 0.496 e. The molecule has 0 amide bonds. The van der Waals surface area contributed by atoms with Crippen molar-refractivity contribution < 1.29 is 4.74 Å². The molecular weight excluding hydrogens is 251 g/mol. The summed E-state index contributed by atoms with van der Waals surface area (Å²) in [6, 6.07) is 7.91.